The lowest BCUT2D eigenvalue weighted by molar-refractivity contribution is -0.125. The maximum atomic E-state index is 14.0. The van der Waals surface area contributed by atoms with Crippen molar-refractivity contribution in [3.63, 3.8) is 0 Å². The number of halogens is 2. The molecule has 1 amide bonds. The van der Waals surface area contributed by atoms with Gasteiger partial charge in [0.05, 0.1) is 5.75 Å². The molecular formula is C23H28ClFN2O3S2. The summed E-state index contributed by atoms with van der Waals surface area (Å²) >= 11 is 7.74. The number of nitrogens with zero attached hydrogens (tertiary/aromatic N) is 1. The van der Waals surface area contributed by atoms with E-state index in [2.05, 4.69) is 36.5 Å². The van der Waals surface area contributed by atoms with Gasteiger partial charge in [0.2, 0.25) is 15.9 Å². The van der Waals surface area contributed by atoms with Crippen LogP contribution in [0.25, 0.3) is 0 Å². The highest BCUT2D eigenvalue weighted by Crippen LogP contribution is 2.26. The number of rotatable bonds is 9. The summed E-state index contributed by atoms with van der Waals surface area (Å²) in [5, 5.41) is 3.06. The van der Waals surface area contributed by atoms with E-state index in [-0.39, 0.29) is 35.5 Å². The summed E-state index contributed by atoms with van der Waals surface area (Å²) in [7, 11) is -3.71. The van der Waals surface area contributed by atoms with Crippen molar-refractivity contribution in [3.8, 4) is 0 Å². The maximum Gasteiger partial charge on any atom is 0.223 e. The van der Waals surface area contributed by atoms with Gasteiger partial charge in [0, 0.05) is 47.6 Å². The molecule has 0 aromatic heterocycles. The minimum Gasteiger partial charge on any atom is -0.355 e. The molecule has 3 rings (SSSR count). The summed E-state index contributed by atoms with van der Waals surface area (Å²) in [6.07, 6.45) is 0.902. The smallest absolute Gasteiger partial charge is 0.223 e. The highest BCUT2D eigenvalue weighted by molar-refractivity contribution is 7.98. The molecule has 0 unspecified atom stereocenters. The number of hydrogen-bond acceptors (Lipinski definition) is 4. The Kier molecular flexibility index (Phi) is 8.99. The predicted molar refractivity (Wildman–Crippen MR) is 129 cm³/mol. The quantitative estimate of drug-likeness (QED) is 0.521. The summed E-state index contributed by atoms with van der Waals surface area (Å²) in [5.41, 5.74) is 2.48. The van der Waals surface area contributed by atoms with Crippen LogP contribution in [0.5, 0.6) is 0 Å². The van der Waals surface area contributed by atoms with Gasteiger partial charge in [-0.25, -0.2) is 17.1 Å². The molecule has 2 aromatic carbocycles. The number of aryl methyl sites for hydroxylation is 1. The Labute approximate surface area is 198 Å². The second-order valence-corrected chi connectivity index (χ2v) is 11.4. The number of hydrogen-bond donors (Lipinski definition) is 1. The summed E-state index contributed by atoms with van der Waals surface area (Å²) < 4.78 is 40.7. The van der Waals surface area contributed by atoms with Gasteiger partial charge in [0.1, 0.15) is 5.82 Å². The number of amides is 1. The lowest BCUT2D eigenvalue weighted by Crippen LogP contribution is -2.43. The number of carbonyl (C=O) groups excluding carboxylic acids is 1. The van der Waals surface area contributed by atoms with Gasteiger partial charge in [-0.15, -0.1) is 0 Å². The van der Waals surface area contributed by atoms with E-state index in [9.17, 15) is 17.6 Å². The van der Waals surface area contributed by atoms with Gasteiger partial charge in [-0.1, -0.05) is 47.5 Å². The Balaban J connectivity index is 1.39. The predicted octanol–water partition coefficient (Wildman–Crippen LogP) is 4.38. The van der Waals surface area contributed by atoms with E-state index in [4.69, 9.17) is 11.6 Å². The van der Waals surface area contributed by atoms with Crippen molar-refractivity contribution >= 4 is 39.3 Å². The van der Waals surface area contributed by atoms with Gasteiger partial charge in [-0.3, -0.25) is 4.79 Å². The molecule has 1 aliphatic heterocycles. The van der Waals surface area contributed by atoms with Crippen molar-refractivity contribution < 1.29 is 17.6 Å². The minimum atomic E-state index is -3.71. The van der Waals surface area contributed by atoms with Crippen molar-refractivity contribution in [1.82, 2.24) is 9.62 Å². The molecule has 0 spiro atoms. The molecule has 1 fully saturated rings. The number of carbonyl (C=O) groups is 1. The average molecular weight is 499 g/mol. The van der Waals surface area contributed by atoms with Crippen LogP contribution < -0.4 is 5.32 Å². The second kappa shape index (κ2) is 11.5. The summed E-state index contributed by atoms with van der Waals surface area (Å²) in [6, 6.07) is 12.5. The van der Waals surface area contributed by atoms with E-state index in [0.717, 1.165) is 11.5 Å². The monoisotopic (exact) mass is 498 g/mol. The second-order valence-electron chi connectivity index (χ2n) is 7.96. The molecule has 0 aliphatic carbocycles. The van der Waals surface area contributed by atoms with Gasteiger partial charge in [0.25, 0.3) is 0 Å². The third-order valence-corrected chi connectivity index (χ3v) is 8.73. The molecule has 0 bridgehead atoms. The molecule has 1 N–H and O–H groups in total. The Hall–Kier alpha value is -1.61. The Morgan fingerprint density at radius 3 is 2.53 bits per heavy atom. The van der Waals surface area contributed by atoms with E-state index in [0.29, 0.717) is 19.4 Å². The largest absolute Gasteiger partial charge is 0.355 e. The lowest BCUT2D eigenvalue weighted by Gasteiger charge is -2.30. The third kappa shape index (κ3) is 6.94. The Bertz CT molecular complexity index is 1000. The van der Waals surface area contributed by atoms with Crippen molar-refractivity contribution in [2.75, 3.05) is 25.4 Å². The first-order valence-corrected chi connectivity index (χ1v) is 13.7. The van der Waals surface area contributed by atoms with Crippen LogP contribution in [-0.4, -0.2) is 44.0 Å². The average Bonchev–Trinajstić information content (AvgIpc) is 2.77. The molecule has 0 atom stereocenters. The molecule has 174 valence electrons. The zero-order chi connectivity index (χ0) is 23.1. The molecule has 0 radical (unpaired) electrons. The first-order valence-electron chi connectivity index (χ1n) is 10.6. The van der Waals surface area contributed by atoms with E-state index in [1.165, 1.54) is 33.6 Å². The standard InChI is InChI=1S/C23H28ClFN2O3S2/c1-17-5-7-18(8-6-17)15-31-14-11-26-23(28)19-9-12-27(13-10-19)32(29,30)16-20-21(24)3-2-4-22(20)25/h2-8,19H,9-16H2,1H3,(H,26,28). The minimum absolute atomic E-state index is 0.0165. The summed E-state index contributed by atoms with van der Waals surface area (Å²) in [4.78, 5) is 12.5. The molecule has 1 aliphatic rings. The van der Waals surface area contributed by atoms with Crippen LogP contribution in [0.2, 0.25) is 5.02 Å². The SMILES string of the molecule is Cc1ccc(CSCCNC(=O)C2CCN(S(=O)(=O)Cc3c(F)cccc3Cl)CC2)cc1. The van der Waals surface area contributed by atoms with E-state index < -0.39 is 21.6 Å². The molecular weight excluding hydrogens is 471 g/mol. The zero-order valence-electron chi connectivity index (χ0n) is 18.0. The first kappa shape index (κ1) is 25.0. The highest BCUT2D eigenvalue weighted by atomic mass is 35.5. The fourth-order valence-corrected chi connectivity index (χ4v) is 6.34. The van der Waals surface area contributed by atoms with Gasteiger partial charge in [-0.05, 0) is 37.5 Å². The molecule has 9 heteroatoms. The van der Waals surface area contributed by atoms with E-state index in [1.807, 2.05) is 0 Å². The highest BCUT2D eigenvalue weighted by Gasteiger charge is 2.32. The van der Waals surface area contributed by atoms with E-state index in [1.54, 1.807) is 11.8 Å². The normalized spacial score (nSPS) is 15.6. The fourth-order valence-electron chi connectivity index (χ4n) is 3.61. The van der Waals surface area contributed by atoms with Crippen LogP contribution in [0.3, 0.4) is 0 Å². The molecule has 2 aromatic rings. The van der Waals surface area contributed by atoms with Crippen LogP contribution in [0, 0.1) is 18.7 Å². The van der Waals surface area contributed by atoms with Crippen LogP contribution in [0.1, 0.15) is 29.5 Å². The first-order chi connectivity index (χ1) is 15.3. The van der Waals surface area contributed by atoms with Crippen LogP contribution >= 0.6 is 23.4 Å². The van der Waals surface area contributed by atoms with Crippen molar-refractivity contribution in [2.45, 2.75) is 31.3 Å². The summed E-state index contributed by atoms with van der Waals surface area (Å²) in [6.45, 7) is 3.13. The maximum absolute atomic E-state index is 14.0. The topological polar surface area (TPSA) is 66.5 Å². The Morgan fingerprint density at radius 2 is 1.88 bits per heavy atom. The molecule has 1 heterocycles. The van der Waals surface area contributed by atoms with Gasteiger partial charge in [-0.2, -0.15) is 11.8 Å². The van der Waals surface area contributed by atoms with Crippen molar-refractivity contribution in [3.05, 3.63) is 70.0 Å². The van der Waals surface area contributed by atoms with Crippen LogP contribution in [-0.2, 0) is 26.3 Å². The molecule has 32 heavy (non-hydrogen) atoms. The lowest BCUT2D eigenvalue weighted by atomic mass is 9.97. The van der Waals surface area contributed by atoms with Gasteiger partial charge in [0.15, 0.2) is 0 Å². The number of nitrogens with one attached hydrogen (secondary N) is 1. The fraction of sp³-hybridized carbons (Fsp3) is 0.435. The Morgan fingerprint density at radius 1 is 1.19 bits per heavy atom. The zero-order valence-corrected chi connectivity index (χ0v) is 20.4. The van der Waals surface area contributed by atoms with Gasteiger partial charge >= 0.3 is 0 Å². The van der Waals surface area contributed by atoms with Crippen LogP contribution in [0.15, 0.2) is 42.5 Å². The van der Waals surface area contributed by atoms with E-state index >= 15 is 0 Å². The van der Waals surface area contributed by atoms with Gasteiger partial charge < -0.3 is 5.32 Å². The number of thioether (sulfide) groups is 1. The van der Waals surface area contributed by atoms with Crippen LogP contribution in [0.4, 0.5) is 4.39 Å². The third-order valence-electron chi connectivity index (χ3n) is 5.54. The number of piperidine rings is 1. The molecule has 5 nitrogen and oxygen atoms in total. The molecule has 0 saturated carbocycles. The number of sulfonamides is 1. The van der Waals surface area contributed by atoms with Crippen molar-refractivity contribution in [1.29, 1.82) is 0 Å². The summed E-state index contributed by atoms with van der Waals surface area (Å²) in [5.74, 6) is 0.369. The molecule has 1 saturated heterocycles. The van der Waals surface area contributed by atoms with Crippen molar-refractivity contribution in [2.24, 2.45) is 5.92 Å². The number of benzene rings is 2.